The van der Waals surface area contributed by atoms with Crippen molar-refractivity contribution in [2.45, 2.75) is 20.3 Å². The maximum atomic E-state index is 3.91. The molecule has 58 valence electrons. The Kier molecular flexibility index (Phi) is 4.73. The van der Waals surface area contributed by atoms with Gasteiger partial charge >= 0.3 is 0 Å². The van der Waals surface area contributed by atoms with Crippen LogP contribution in [0.2, 0.25) is 0 Å². The summed E-state index contributed by atoms with van der Waals surface area (Å²) in [4.78, 5) is 0. The summed E-state index contributed by atoms with van der Waals surface area (Å²) in [7, 11) is 1.89. The first-order valence-corrected chi connectivity index (χ1v) is 3.68. The minimum Gasteiger partial charge on any atom is -0.394 e. The van der Waals surface area contributed by atoms with E-state index in [2.05, 4.69) is 25.7 Å². The molecule has 0 rings (SSSR count). The fourth-order valence-electron chi connectivity index (χ4n) is 0.794. The molecule has 1 nitrogen and oxygen atoms in total. The van der Waals surface area contributed by atoms with E-state index in [1.54, 1.807) is 0 Å². The molecule has 0 aromatic rings. The first kappa shape index (κ1) is 9.28. The Hall–Kier alpha value is -0.720. The molecule has 0 saturated carbocycles. The minimum absolute atomic E-state index is 0.703. The molecule has 0 amide bonds. The van der Waals surface area contributed by atoms with Gasteiger partial charge in [-0.15, -0.1) is 0 Å². The van der Waals surface area contributed by atoms with E-state index in [-0.39, 0.29) is 0 Å². The molecule has 1 heteroatoms. The lowest BCUT2D eigenvalue weighted by Gasteiger charge is -2.02. The summed E-state index contributed by atoms with van der Waals surface area (Å²) < 4.78 is 0. The van der Waals surface area contributed by atoms with Gasteiger partial charge in [-0.25, -0.2) is 0 Å². The zero-order valence-corrected chi connectivity index (χ0v) is 7.15. The van der Waals surface area contributed by atoms with Crippen molar-refractivity contribution in [2.24, 2.45) is 5.92 Å². The van der Waals surface area contributed by atoms with E-state index < -0.39 is 0 Å². The van der Waals surface area contributed by atoms with Gasteiger partial charge < -0.3 is 5.32 Å². The van der Waals surface area contributed by atoms with Crippen LogP contribution in [0.4, 0.5) is 0 Å². The van der Waals surface area contributed by atoms with Gasteiger partial charge in [0.1, 0.15) is 0 Å². The van der Waals surface area contributed by atoms with Crippen LogP contribution in [0, 0.1) is 5.92 Å². The van der Waals surface area contributed by atoms with E-state index in [0.717, 1.165) is 6.42 Å². The van der Waals surface area contributed by atoms with E-state index in [1.807, 2.05) is 19.3 Å². The highest BCUT2D eigenvalue weighted by molar-refractivity contribution is 5.13. The molecule has 1 N–H and O–H groups in total. The van der Waals surface area contributed by atoms with Crippen LogP contribution in [0.1, 0.15) is 20.3 Å². The Morgan fingerprint density at radius 2 is 2.20 bits per heavy atom. The second kappa shape index (κ2) is 5.10. The van der Waals surface area contributed by atoms with E-state index in [4.69, 9.17) is 0 Å². The van der Waals surface area contributed by atoms with Crippen molar-refractivity contribution in [1.82, 2.24) is 5.32 Å². The number of nitrogens with one attached hydrogen (secondary N) is 1. The molecule has 0 spiro atoms. The zero-order chi connectivity index (χ0) is 7.98. The average Bonchev–Trinajstić information content (AvgIpc) is 1.82. The van der Waals surface area contributed by atoms with Gasteiger partial charge in [-0.2, -0.15) is 0 Å². The summed E-state index contributed by atoms with van der Waals surface area (Å²) in [5, 5.41) is 2.93. The standard InChI is InChI=1S/C9H17N/c1-8(2)7-9(3)5-6-10-4/h5-6,8,10H,3,7H2,1-2,4H3/b6-5-. The molecule has 0 aliphatic carbocycles. The van der Waals surface area contributed by atoms with Gasteiger partial charge in [-0.3, -0.25) is 0 Å². The number of hydrogen-bond acceptors (Lipinski definition) is 1. The van der Waals surface area contributed by atoms with Crippen LogP contribution in [-0.4, -0.2) is 7.05 Å². The van der Waals surface area contributed by atoms with Crippen molar-refractivity contribution < 1.29 is 0 Å². The van der Waals surface area contributed by atoms with E-state index >= 15 is 0 Å². The molecule has 0 saturated heterocycles. The number of hydrogen-bond donors (Lipinski definition) is 1. The zero-order valence-electron chi connectivity index (χ0n) is 7.15. The summed E-state index contributed by atoms with van der Waals surface area (Å²) in [6.45, 7) is 8.29. The summed E-state index contributed by atoms with van der Waals surface area (Å²) in [6.07, 6.45) is 5.00. The lowest BCUT2D eigenvalue weighted by atomic mass is 10.0. The molecule has 10 heavy (non-hydrogen) atoms. The van der Waals surface area contributed by atoms with Gasteiger partial charge in [0.2, 0.25) is 0 Å². The summed E-state index contributed by atoms with van der Waals surface area (Å²) in [6, 6.07) is 0. The second-order valence-electron chi connectivity index (χ2n) is 2.88. The predicted molar refractivity (Wildman–Crippen MR) is 46.8 cm³/mol. The lowest BCUT2D eigenvalue weighted by Crippen LogP contribution is -1.93. The van der Waals surface area contributed by atoms with Gasteiger partial charge in [0.05, 0.1) is 0 Å². The van der Waals surface area contributed by atoms with Crippen molar-refractivity contribution in [1.29, 1.82) is 0 Å². The highest BCUT2D eigenvalue weighted by Gasteiger charge is 1.93. The van der Waals surface area contributed by atoms with Gasteiger partial charge in [-0.1, -0.05) is 26.0 Å². The Morgan fingerprint density at radius 1 is 1.60 bits per heavy atom. The van der Waals surface area contributed by atoms with Gasteiger partial charge in [0.15, 0.2) is 0 Å². The van der Waals surface area contributed by atoms with Crippen LogP contribution in [-0.2, 0) is 0 Å². The monoisotopic (exact) mass is 139 g/mol. The quantitative estimate of drug-likeness (QED) is 0.589. The molecule has 0 bridgehead atoms. The maximum Gasteiger partial charge on any atom is 0.00277 e. The first-order valence-electron chi connectivity index (χ1n) is 3.68. The predicted octanol–water partition coefficient (Wildman–Crippen LogP) is 2.32. The summed E-state index contributed by atoms with van der Waals surface area (Å²) in [5.74, 6) is 0.703. The fraction of sp³-hybridized carbons (Fsp3) is 0.556. The normalized spacial score (nSPS) is 10.8. The molecular weight excluding hydrogens is 122 g/mol. The van der Waals surface area contributed by atoms with E-state index in [9.17, 15) is 0 Å². The molecule has 0 aromatic carbocycles. The van der Waals surface area contributed by atoms with Crippen LogP contribution >= 0.6 is 0 Å². The molecule has 0 fully saturated rings. The lowest BCUT2D eigenvalue weighted by molar-refractivity contribution is 0.651. The summed E-state index contributed by atoms with van der Waals surface area (Å²) in [5.41, 5.74) is 1.18. The fourth-order valence-corrected chi connectivity index (χ4v) is 0.794. The Bertz CT molecular complexity index is 123. The first-order chi connectivity index (χ1) is 4.66. The highest BCUT2D eigenvalue weighted by Crippen LogP contribution is 2.08. The van der Waals surface area contributed by atoms with Crippen LogP contribution < -0.4 is 5.32 Å². The van der Waals surface area contributed by atoms with Crippen LogP contribution in [0.5, 0.6) is 0 Å². The van der Waals surface area contributed by atoms with Crippen molar-refractivity contribution >= 4 is 0 Å². The third kappa shape index (κ3) is 5.42. The maximum absolute atomic E-state index is 3.91. The SMILES string of the molecule is C=C(/C=C\NC)CC(C)C. The molecule has 0 aliphatic rings. The van der Waals surface area contributed by atoms with Crippen LogP contribution in [0.3, 0.4) is 0 Å². The summed E-state index contributed by atoms with van der Waals surface area (Å²) >= 11 is 0. The Balaban J connectivity index is 3.54. The highest BCUT2D eigenvalue weighted by atomic mass is 14.8. The molecular formula is C9H17N. The molecule has 0 aliphatic heterocycles. The van der Waals surface area contributed by atoms with Crippen molar-refractivity contribution in [3.05, 3.63) is 24.4 Å². The average molecular weight is 139 g/mol. The van der Waals surface area contributed by atoms with Crippen molar-refractivity contribution in [2.75, 3.05) is 7.05 Å². The van der Waals surface area contributed by atoms with Crippen molar-refractivity contribution in [3.63, 3.8) is 0 Å². The smallest absolute Gasteiger partial charge is 0.00277 e. The van der Waals surface area contributed by atoms with E-state index in [1.165, 1.54) is 5.57 Å². The third-order valence-electron chi connectivity index (χ3n) is 1.16. The van der Waals surface area contributed by atoms with Gasteiger partial charge in [0.25, 0.3) is 0 Å². The van der Waals surface area contributed by atoms with Gasteiger partial charge in [0, 0.05) is 7.05 Å². The second-order valence-corrected chi connectivity index (χ2v) is 2.88. The van der Waals surface area contributed by atoms with Crippen molar-refractivity contribution in [3.8, 4) is 0 Å². The molecule has 0 heterocycles. The molecule has 0 unspecified atom stereocenters. The minimum atomic E-state index is 0.703. The van der Waals surface area contributed by atoms with Crippen LogP contribution in [0.15, 0.2) is 24.4 Å². The number of rotatable bonds is 4. The van der Waals surface area contributed by atoms with Gasteiger partial charge in [-0.05, 0) is 24.6 Å². The molecule has 0 radical (unpaired) electrons. The third-order valence-corrected chi connectivity index (χ3v) is 1.16. The molecule has 0 atom stereocenters. The molecule has 0 aromatic heterocycles. The Labute approximate surface area is 63.8 Å². The topological polar surface area (TPSA) is 12.0 Å². The Morgan fingerprint density at radius 3 is 2.60 bits per heavy atom. The number of allylic oxidation sites excluding steroid dienone is 2. The van der Waals surface area contributed by atoms with E-state index in [0.29, 0.717) is 5.92 Å². The largest absolute Gasteiger partial charge is 0.394 e. The van der Waals surface area contributed by atoms with Crippen LogP contribution in [0.25, 0.3) is 0 Å².